The highest BCUT2D eigenvalue weighted by Crippen LogP contribution is 2.30. The van der Waals surface area contributed by atoms with Crippen LogP contribution in [-0.2, 0) is 0 Å². The molecule has 1 heterocycles. The van der Waals surface area contributed by atoms with E-state index in [9.17, 15) is 13.2 Å². The highest BCUT2D eigenvalue weighted by Gasteiger charge is 2.43. The minimum absolute atomic E-state index is 0.0274. The molecule has 0 bridgehead atoms. The summed E-state index contributed by atoms with van der Waals surface area (Å²) in [7, 11) is 0. The number of alkyl halides is 3. The van der Waals surface area contributed by atoms with Gasteiger partial charge in [0.05, 0.1) is 6.54 Å². The molecule has 0 radical (unpaired) electrons. The average Bonchev–Trinajstić information content (AvgIpc) is 2.04. The van der Waals surface area contributed by atoms with Crippen molar-refractivity contribution < 1.29 is 13.2 Å². The fourth-order valence-corrected chi connectivity index (χ4v) is 2.09. The smallest absolute Gasteiger partial charge is 0.310 e. The molecule has 1 aliphatic rings. The highest BCUT2D eigenvalue weighted by atomic mass is 19.4. The van der Waals surface area contributed by atoms with Gasteiger partial charge in [-0.2, -0.15) is 13.2 Å². The first kappa shape index (κ1) is 14.8. The topological polar surface area (TPSA) is 15.3 Å². The second-order valence-electron chi connectivity index (χ2n) is 6.61. The summed E-state index contributed by atoms with van der Waals surface area (Å²) in [6, 6.07) is 0.0953. The minimum atomic E-state index is -4.13. The van der Waals surface area contributed by atoms with Gasteiger partial charge in [-0.25, -0.2) is 0 Å². The average molecular weight is 252 g/mol. The SMILES string of the molecule is CC(C)(C)C1CN(CC(F)(F)F)C(C)(C)CN1. The van der Waals surface area contributed by atoms with Crippen molar-refractivity contribution in [2.45, 2.75) is 52.4 Å². The van der Waals surface area contributed by atoms with Crippen molar-refractivity contribution in [2.24, 2.45) is 5.41 Å². The van der Waals surface area contributed by atoms with Gasteiger partial charge < -0.3 is 5.32 Å². The summed E-state index contributed by atoms with van der Waals surface area (Å²) in [5.41, 5.74) is -0.475. The van der Waals surface area contributed by atoms with Gasteiger partial charge in [0.25, 0.3) is 0 Å². The summed E-state index contributed by atoms with van der Waals surface area (Å²) in [4.78, 5) is 1.54. The second kappa shape index (κ2) is 4.43. The van der Waals surface area contributed by atoms with E-state index >= 15 is 0 Å². The molecular weight excluding hydrogens is 229 g/mol. The number of halogens is 3. The molecule has 0 aromatic carbocycles. The van der Waals surface area contributed by atoms with Crippen molar-refractivity contribution in [1.29, 1.82) is 0 Å². The molecule has 1 atom stereocenters. The molecule has 1 aliphatic heterocycles. The Labute approximate surface area is 102 Å². The van der Waals surface area contributed by atoms with E-state index in [1.807, 2.05) is 13.8 Å². The molecule has 1 rings (SSSR count). The Morgan fingerprint density at radius 3 is 2.18 bits per heavy atom. The molecule has 0 aromatic rings. The van der Waals surface area contributed by atoms with Crippen LogP contribution in [0.2, 0.25) is 0 Å². The minimum Gasteiger partial charge on any atom is -0.310 e. The highest BCUT2D eigenvalue weighted by molar-refractivity contribution is 4.97. The Balaban J connectivity index is 2.77. The molecule has 17 heavy (non-hydrogen) atoms. The summed E-state index contributed by atoms with van der Waals surface area (Å²) < 4.78 is 37.6. The van der Waals surface area contributed by atoms with E-state index in [2.05, 4.69) is 26.1 Å². The van der Waals surface area contributed by atoms with Crippen LogP contribution in [0.3, 0.4) is 0 Å². The largest absolute Gasteiger partial charge is 0.401 e. The number of nitrogens with one attached hydrogen (secondary N) is 1. The van der Waals surface area contributed by atoms with Crippen LogP contribution >= 0.6 is 0 Å². The Hall–Kier alpha value is -0.290. The molecule has 0 aromatic heterocycles. The van der Waals surface area contributed by atoms with Crippen molar-refractivity contribution in [3.63, 3.8) is 0 Å². The molecule has 0 aliphatic carbocycles. The van der Waals surface area contributed by atoms with Gasteiger partial charge in [0.2, 0.25) is 0 Å². The number of piperazine rings is 1. The quantitative estimate of drug-likeness (QED) is 0.772. The fourth-order valence-electron chi connectivity index (χ4n) is 2.09. The molecule has 1 N–H and O–H groups in total. The van der Waals surface area contributed by atoms with E-state index < -0.39 is 18.3 Å². The van der Waals surface area contributed by atoms with Crippen LogP contribution in [-0.4, -0.2) is 42.3 Å². The predicted molar refractivity (Wildman–Crippen MR) is 63.0 cm³/mol. The van der Waals surface area contributed by atoms with Crippen LogP contribution in [0, 0.1) is 5.41 Å². The van der Waals surface area contributed by atoms with Crippen molar-refractivity contribution in [3.05, 3.63) is 0 Å². The van der Waals surface area contributed by atoms with Crippen molar-refractivity contribution >= 4 is 0 Å². The van der Waals surface area contributed by atoms with Crippen LogP contribution in [0.1, 0.15) is 34.6 Å². The lowest BCUT2D eigenvalue weighted by Gasteiger charge is -2.49. The van der Waals surface area contributed by atoms with E-state index in [4.69, 9.17) is 0 Å². The lowest BCUT2D eigenvalue weighted by atomic mass is 9.83. The van der Waals surface area contributed by atoms with Gasteiger partial charge in [-0.05, 0) is 19.3 Å². The van der Waals surface area contributed by atoms with Crippen LogP contribution in [0.5, 0.6) is 0 Å². The Kier molecular flexibility index (Phi) is 3.85. The van der Waals surface area contributed by atoms with Crippen LogP contribution in [0.25, 0.3) is 0 Å². The Morgan fingerprint density at radius 1 is 1.24 bits per heavy atom. The maximum atomic E-state index is 12.5. The molecule has 1 fully saturated rings. The first-order valence-corrected chi connectivity index (χ1v) is 5.97. The standard InChI is InChI=1S/C12H23F3N2/c1-10(2,3)9-6-17(8-12(13,14)15)11(4,5)7-16-9/h9,16H,6-8H2,1-5H3. The van der Waals surface area contributed by atoms with Crippen molar-refractivity contribution in [3.8, 4) is 0 Å². The van der Waals surface area contributed by atoms with Gasteiger partial charge >= 0.3 is 6.18 Å². The second-order valence-corrected chi connectivity index (χ2v) is 6.61. The Morgan fingerprint density at radius 2 is 1.76 bits per heavy atom. The number of hydrogen-bond donors (Lipinski definition) is 1. The molecule has 1 unspecified atom stereocenters. The van der Waals surface area contributed by atoms with Crippen LogP contribution < -0.4 is 5.32 Å². The number of rotatable bonds is 1. The van der Waals surface area contributed by atoms with E-state index in [1.54, 1.807) is 4.90 Å². The number of nitrogens with zero attached hydrogens (tertiary/aromatic N) is 1. The van der Waals surface area contributed by atoms with Gasteiger partial charge in [0, 0.05) is 24.7 Å². The molecule has 5 heteroatoms. The normalized spacial score (nSPS) is 27.2. The third-order valence-corrected chi connectivity index (χ3v) is 3.46. The molecular formula is C12H23F3N2. The van der Waals surface area contributed by atoms with E-state index in [1.165, 1.54) is 0 Å². The fraction of sp³-hybridized carbons (Fsp3) is 1.00. The summed E-state index contributed by atoms with van der Waals surface area (Å²) in [6.45, 7) is 10.1. The molecule has 0 saturated carbocycles. The summed E-state index contributed by atoms with van der Waals surface area (Å²) >= 11 is 0. The molecule has 2 nitrogen and oxygen atoms in total. The zero-order chi connectivity index (χ0) is 13.5. The lowest BCUT2D eigenvalue weighted by Crippen LogP contribution is -2.66. The molecule has 1 saturated heterocycles. The van der Waals surface area contributed by atoms with Crippen molar-refractivity contribution in [2.75, 3.05) is 19.6 Å². The third-order valence-electron chi connectivity index (χ3n) is 3.46. The first-order chi connectivity index (χ1) is 7.42. The van der Waals surface area contributed by atoms with Gasteiger partial charge in [-0.3, -0.25) is 4.90 Å². The Bertz CT molecular complexity index is 266. The van der Waals surface area contributed by atoms with E-state index in [0.717, 1.165) is 0 Å². The van der Waals surface area contributed by atoms with Crippen LogP contribution in [0.4, 0.5) is 13.2 Å². The zero-order valence-electron chi connectivity index (χ0n) is 11.3. The third kappa shape index (κ3) is 4.14. The molecule has 0 amide bonds. The summed E-state index contributed by atoms with van der Waals surface area (Å²) in [6.07, 6.45) is -4.13. The summed E-state index contributed by atoms with van der Waals surface area (Å²) in [5, 5.41) is 3.36. The maximum Gasteiger partial charge on any atom is 0.401 e. The summed E-state index contributed by atoms with van der Waals surface area (Å²) in [5.74, 6) is 0. The maximum absolute atomic E-state index is 12.5. The molecule has 0 spiro atoms. The monoisotopic (exact) mass is 252 g/mol. The van der Waals surface area contributed by atoms with E-state index in [0.29, 0.717) is 13.1 Å². The van der Waals surface area contributed by atoms with Crippen LogP contribution in [0.15, 0.2) is 0 Å². The van der Waals surface area contributed by atoms with Gasteiger partial charge in [-0.1, -0.05) is 20.8 Å². The van der Waals surface area contributed by atoms with Gasteiger partial charge in [0.15, 0.2) is 0 Å². The number of hydrogen-bond acceptors (Lipinski definition) is 2. The first-order valence-electron chi connectivity index (χ1n) is 5.97. The van der Waals surface area contributed by atoms with Gasteiger partial charge in [0.1, 0.15) is 0 Å². The molecule has 102 valence electrons. The van der Waals surface area contributed by atoms with E-state index in [-0.39, 0.29) is 11.5 Å². The zero-order valence-corrected chi connectivity index (χ0v) is 11.3. The predicted octanol–water partition coefficient (Wildman–Crippen LogP) is 2.65. The van der Waals surface area contributed by atoms with Crippen molar-refractivity contribution in [1.82, 2.24) is 10.2 Å². The lowest BCUT2D eigenvalue weighted by molar-refractivity contribution is -0.163. The van der Waals surface area contributed by atoms with Gasteiger partial charge in [-0.15, -0.1) is 0 Å².